The van der Waals surface area contributed by atoms with Gasteiger partial charge in [0.25, 0.3) is 0 Å². The minimum atomic E-state index is -0.775. The molecule has 0 saturated heterocycles. The summed E-state index contributed by atoms with van der Waals surface area (Å²) in [5.41, 5.74) is 5.34. The van der Waals surface area contributed by atoms with E-state index in [1.807, 2.05) is 6.08 Å². The van der Waals surface area contributed by atoms with E-state index in [1.54, 1.807) is 0 Å². The third kappa shape index (κ3) is 2.38. The molecule has 0 aromatic heterocycles. The number of aryl methyl sites for hydroxylation is 2. The highest BCUT2D eigenvalue weighted by molar-refractivity contribution is 5.84. The average Bonchev–Trinajstić information content (AvgIpc) is 2.48. The van der Waals surface area contributed by atoms with Gasteiger partial charge < -0.3 is 0 Å². The molecule has 2 aromatic carbocycles. The van der Waals surface area contributed by atoms with Crippen LogP contribution < -0.4 is 0 Å². The van der Waals surface area contributed by atoms with Gasteiger partial charge in [0.05, 0.1) is 0 Å². The monoisotopic (exact) mass is 270 g/mol. The number of benzene rings is 2. The molecular formula is C18H16F2. The molecule has 0 aliphatic heterocycles. The molecule has 2 aromatic rings. The van der Waals surface area contributed by atoms with Crippen molar-refractivity contribution in [2.24, 2.45) is 0 Å². The molecule has 0 saturated carbocycles. The van der Waals surface area contributed by atoms with E-state index in [-0.39, 0.29) is 0 Å². The minimum Gasteiger partial charge on any atom is -0.204 e. The van der Waals surface area contributed by atoms with Gasteiger partial charge in [0.15, 0.2) is 11.6 Å². The van der Waals surface area contributed by atoms with Crippen molar-refractivity contribution in [3.05, 3.63) is 70.3 Å². The van der Waals surface area contributed by atoms with Crippen LogP contribution in [0.3, 0.4) is 0 Å². The van der Waals surface area contributed by atoms with Crippen molar-refractivity contribution in [2.75, 3.05) is 0 Å². The summed E-state index contributed by atoms with van der Waals surface area (Å²) in [7, 11) is 0. The summed E-state index contributed by atoms with van der Waals surface area (Å²) in [6.07, 6.45) is 4.62. The Labute approximate surface area is 117 Å². The van der Waals surface area contributed by atoms with Crippen LogP contribution in [0.2, 0.25) is 0 Å². The van der Waals surface area contributed by atoms with E-state index in [2.05, 4.69) is 31.2 Å². The molecule has 0 atom stereocenters. The molecule has 0 amide bonds. The fraction of sp³-hybridized carbons (Fsp3) is 0.222. The highest BCUT2D eigenvalue weighted by Gasteiger charge is 2.15. The van der Waals surface area contributed by atoms with Crippen molar-refractivity contribution in [2.45, 2.75) is 26.2 Å². The molecule has 0 bridgehead atoms. The van der Waals surface area contributed by atoms with Gasteiger partial charge in [0.1, 0.15) is 0 Å². The number of rotatable bonds is 2. The number of fused-ring (bicyclic) bond motifs is 1. The molecule has 0 radical (unpaired) electrons. The highest BCUT2D eigenvalue weighted by atomic mass is 19.2. The van der Waals surface area contributed by atoms with E-state index in [9.17, 15) is 8.78 Å². The van der Waals surface area contributed by atoms with Crippen LogP contribution in [0.25, 0.3) is 11.6 Å². The van der Waals surface area contributed by atoms with Crippen molar-refractivity contribution in [3.8, 4) is 0 Å². The molecule has 0 N–H and O–H groups in total. The summed E-state index contributed by atoms with van der Waals surface area (Å²) in [4.78, 5) is 0. The van der Waals surface area contributed by atoms with Crippen LogP contribution >= 0.6 is 0 Å². The van der Waals surface area contributed by atoms with Crippen molar-refractivity contribution < 1.29 is 8.78 Å². The summed E-state index contributed by atoms with van der Waals surface area (Å²) < 4.78 is 26.5. The molecule has 0 unspecified atom stereocenters. The fourth-order valence-corrected chi connectivity index (χ4v) is 2.67. The molecule has 0 heterocycles. The summed E-state index contributed by atoms with van der Waals surface area (Å²) in [6.45, 7) is 2.13. The Morgan fingerprint density at radius 3 is 2.35 bits per heavy atom. The number of hydrogen-bond donors (Lipinski definition) is 0. The Bertz CT molecular complexity index is 667. The maximum absolute atomic E-state index is 13.3. The smallest absolute Gasteiger partial charge is 0.159 e. The fourth-order valence-electron chi connectivity index (χ4n) is 2.67. The van der Waals surface area contributed by atoms with Crippen LogP contribution in [0, 0.1) is 11.6 Å². The second-order valence-corrected chi connectivity index (χ2v) is 5.19. The number of hydrogen-bond acceptors (Lipinski definition) is 0. The van der Waals surface area contributed by atoms with E-state index in [0.29, 0.717) is 0 Å². The van der Waals surface area contributed by atoms with E-state index >= 15 is 0 Å². The Kier molecular flexibility index (Phi) is 3.39. The maximum Gasteiger partial charge on any atom is 0.159 e. The summed E-state index contributed by atoms with van der Waals surface area (Å²) in [5, 5.41) is 0. The molecule has 3 rings (SSSR count). The van der Waals surface area contributed by atoms with E-state index in [0.717, 1.165) is 36.0 Å². The van der Waals surface area contributed by atoms with Crippen molar-refractivity contribution in [1.82, 2.24) is 0 Å². The Balaban J connectivity index is 1.98. The summed E-state index contributed by atoms with van der Waals surface area (Å²) in [6, 6.07) is 11.1. The predicted molar refractivity (Wildman–Crippen MR) is 78.4 cm³/mol. The first-order chi connectivity index (χ1) is 9.67. The quantitative estimate of drug-likeness (QED) is 0.719. The zero-order chi connectivity index (χ0) is 14.1. The van der Waals surface area contributed by atoms with Crippen LogP contribution in [0.1, 0.15) is 35.6 Å². The lowest BCUT2D eigenvalue weighted by Gasteiger charge is -2.17. The lowest BCUT2D eigenvalue weighted by Crippen LogP contribution is -2.01. The van der Waals surface area contributed by atoms with Gasteiger partial charge in [0, 0.05) is 0 Å². The molecule has 1 aliphatic carbocycles. The second-order valence-electron chi connectivity index (χ2n) is 5.19. The molecule has 0 spiro atoms. The van der Waals surface area contributed by atoms with E-state index < -0.39 is 11.6 Å². The van der Waals surface area contributed by atoms with Crippen LogP contribution in [-0.4, -0.2) is 0 Å². The van der Waals surface area contributed by atoms with Gasteiger partial charge in [-0.15, -0.1) is 0 Å². The SMILES string of the molecule is CCc1ccc(C2=Cc3cc(F)c(F)cc3CC2)cc1. The van der Waals surface area contributed by atoms with E-state index in [1.165, 1.54) is 23.3 Å². The Morgan fingerprint density at radius 2 is 1.65 bits per heavy atom. The third-order valence-electron chi connectivity index (χ3n) is 3.91. The van der Waals surface area contributed by atoms with Gasteiger partial charge in [-0.05, 0) is 59.2 Å². The molecule has 102 valence electrons. The average molecular weight is 270 g/mol. The molecule has 20 heavy (non-hydrogen) atoms. The molecule has 1 aliphatic rings. The van der Waals surface area contributed by atoms with Crippen molar-refractivity contribution >= 4 is 11.6 Å². The highest BCUT2D eigenvalue weighted by Crippen LogP contribution is 2.31. The minimum absolute atomic E-state index is 0.757. The van der Waals surface area contributed by atoms with Gasteiger partial charge in [-0.3, -0.25) is 0 Å². The van der Waals surface area contributed by atoms with Crippen LogP contribution in [0.15, 0.2) is 36.4 Å². The van der Waals surface area contributed by atoms with Crippen LogP contribution in [0.5, 0.6) is 0 Å². The largest absolute Gasteiger partial charge is 0.204 e. The van der Waals surface area contributed by atoms with Gasteiger partial charge in [-0.2, -0.15) is 0 Å². The zero-order valence-corrected chi connectivity index (χ0v) is 11.4. The summed E-state index contributed by atoms with van der Waals surface area (Å²) >= 11 is 0. The van der Waals surface area contributed by atoms with Crippen LogP contribution in [0.4, 0.5) is 8.78 Å². The Morgan fingerprint density at radius 1 is 0.950 bits per heavy atom. The molecule has 0 nitrogen and oxygen atoms in total. The first-order valence-corrected chi connectivity index (χ1v) is 6.95. The zero-order valence-electron chi connectivity index (χ0n) is 11.4. The molecular weight excluding hydrogens is 254 g/mol. The Hall–Kier alpha value is -1.96. The van der Waals surface area contributed by atoms with Gasteiger partial charge in [0.2, 0.25) is 0 Å². The topological polar surface area (TPSA) is 0 Å². The predicted octanol–water partition coefficient (Wildman–Crippen LogP) is 5.01. The molecule has 0 fully saturated rings. The molecule has 2 heteroatoms. The normalized spacial score (nSPS) is 13.8. The van der Waals surface area contributed by atoms with Gasteiger partial charge >= 0.3 is 0 Å². The third-order valence-corrected chi connectivity index (χ3v) is 3.91. The van der Waals surface area contributed by atoms with E-state index in [4.69, 9.17) is 0 Å². The standard InChI is InChI=1S/C18H16F2/c1-2-12-3-5-13(6-4-12)14-7-8-15-10-17(19)18(20)11-16(15)9-14/h3-6,9-11H,2,7-8H2,1H3. The van der Waals surface area contributed by atoms with Crippen molar-refractivity contribution in [3.63, 3.8) is 0 Å². The van der Waals surface area contributed by atoms with Gasteiger partial charge in [-0.1, -0.05) is 37.3 Å². The lowest BCUT2D eigenvalue weighted by molar-refractivity contribution is 0.506. The summed E-state index contributed by atoms with van der Waals surface area (Å²) in [5.74, 6) is -1.53. The first-order valence-electron chi connectivity index (χ1n) is 6.95. The first kappa shape index (κ1) is 13.0. The lowest BCUT2D eigenvalue weighted by atomic mass is 9.88. The van der Waals surface area contributed by atoms with Gasteiger partial charge in [-0.25, -0.2) is 8.78 Å². The maximum atomic E-state index is 13.3. The second kappa shape index (κ2) is 5.20. The number of allylic oxidation sites excluding steroid dienone is 1. The van der Waals surface area contributed by atoms with Crippen LogP contribution in [-0.2, 0) is 12.8 Å². The number of halogens is 2. The van der Waals surface area contributed by atoms with Crippen molar-refractivity contribution in [1.29, 1.82) is 0 Å².